The number of amides is 2. The van der Waals surface area contributed by atoms with Crippen LogP contribution in [-0.2, 0) is 4.79 Å². The molecule has 1 unspecified atom stereocenters. The van der Waals surface area contributed by atoms with Gasteiger partial charge in [0.25, 0.3) is 5.91 Å². The number of nitrogen functional groups attached to an aromatic ring is 1. The Hall–Kier alpha value is -2.24. The molecule has 0 aromatic heterocycles. The van der Waals surface area contributed by atoms with Crippen LogP contribution in [0.1, 0.15) is 29.6 Å². The van der Waals surface area contributed by atoms with Crippen LogP contribution < -0.4 is 21.7 Å². The fourth-order valence-electron chi connectivity index (χ4n) is 2.72. The van der Waals surface area contributed by atoms with E-state index in [4.69, 9.17) is 11.5 Å². The predicted molar refractivity (Wildman–Crippen MR) is 78.4 cm³/mol. The molecule has 0 aliphatic carbocycles. The number of hydrogen-bond donors (Lipinski definition) is 3. The average Bonchev–Trinajstić information content (AvgIpc) is 2.46. The molecule has 1 aliphatic rings. The van der Waals surface area contributed by atoms with Gasteiger partial charge in [0, 0.05) is 13.6 Å². The molecule has 1 saturated heterocycles. The lowest BCUT2D eigenvalue weighted by Gasteiger charge is -2.37. The molecule has 108 valence electrons. The Labute approximate surface area is 118 Å². The molecule has 1 fully saturated rings. The van der Waals surface area contributed by atoms with E-state index >= 15 is 0 Å². The molecule has 0 saturated carbocycles. The minimum absolute atomic E-state index is 0.0663. The van der Waals surface area contributed by atoms with Gasteiger partial charge in [-0.1, -0.05) is 6.07 Å². The van der Waals surface area contributed by atoms with E-state index in [1.807, 2.05) is 4.90 Å². The van der Waals surface area contributed by atoms with Gasteiger partial charge in [-0.15, -0.1) is 0 Å². The molecule has 6 heteroatoms. The summed E-state index contributed by atoms with van der Waals surface area (Å²) in [6.07, 6.45) is 2.68. The van der Waals surface area contributed by atoms with Crippen molar-refractivity contribution in [1.29, 1.82) is 0 Å². The van der Waals surface area contributed by atoms with E-state index in [-0.39, 0.29) is 11.9 Å². The van der Waals surface area contributed by atoms with E-state index in [0.717, 1.165) is 19.3 Å². The molecular formula is C14H20N4O2. The molecule has 0 spiro atoms. The third-order valence-corrected chi connectivity index (χ3v) is 3.67. The highest BCUT2D eigenvalue weighted by molar-refractivity contribution is 6.02. The molecule has 1 aromatic rings. The number of likely N-dealkylation sites (N-methyl/N-ethyl adjacent to an activating group) is 1. The number of nitrogens with two attached hydrogens (primary N) is 2. The van der Waals surface area contributed by atoms with Crippen molar-refractivity contribution in [3.8, 4) is 0 Å². The van der Waals surface area contributed by atoms with Crippen LogP contribution in [0, 0.1) is 0 Å². The first kappa shape index (κ1) is 14.2. The first-order chi connectivity index (χ1) is 9.56. The SMILES string of the molecule is CNC(=O)C1CCCCN1c1c(N)cccc1C(N)=O. The highest BCUT2D eigenvalue weighted by atomic mass is 16.2. The maximum Gasteiger partial charge on any atom is 0.250 e. The molecule has 1 heterocycles. The Bertz CT molecular complexity index is 530. The van der Waals surface area contributed by atoms with Crippen LogP contribution in [0.4, 0.5) is 11.4 Å². The highest BCUT2D eigenvalue weighted by Crippen LogP contribution is 2.33. The zero-order chi connectivity index (χ0) is 14.7. The number of carbonyl (C=O) groups excluding carboxylic acids is 2. The molecule has 5 N–H and O–H groups in total. The number of nitrogens with one attached hydrogen (secondary N) is 1. The molecule has 1 atom stereocenters. The molecular weight excluding hydrogens is 256 g/mol. The summed E-state index contributed by atoms with van der Waals surface area (Å²) in [6.45, 7) is 0.687. The van der Waals surface area contributed by atoms with Gasteiger partial charge in [-0.05, 0) is 31.4 Å². The maximum atomic E-state index is 12.0. The van der Waals surface area contributed by atoms with Crippen LogP contribution in [0.15, 0.2) is 18.2 Å². The molecule has 2 rings (SSSR count). The van der Waals surface area contributed by atoms with Gasteiger partial charge in [0.2, 0.25) is 5.91 Å². The van der Waals surface area contributed by atoms with E-state index in [2.05, 4.69) is 5.32 Å². The zero-order valence-corrected chi connectivity index (χ0v) is 11.6. The first-order valence-electron chi connectivity index (χ1n) is 6.72. The second kappa shape index (κ2) is 5.81. The molecule has 0 radical (unpaired) electrons. The summed E-state index contributed by atoms with van der Waals surface area (Å²) in [6, 6.07) is 4.75. The van der Waals surface area contributed by atoms with Gasteiger partial charge in [-0.2, -0.15) is 0 Å². The number of anilines is 2. The lowest BCUT2D eigenvalue weighted by Crippen LogP contribution is -2.49. The van der Waals surface area contributed by atoms with Crippen LogP contribution in [0.3, 0.4) is 0 Å². The van der Waals surface area contributed by atoms with Crippen molar-refractivity contribution in [2.75, 3.05) is 24.2 Å². The number of piperidine rings is 1. The van der Waals surface area contributed by atoms with Gasteiger partial charge in [-0.3, -0.25) is 9.59 Å². The maximum absolute atomic E-state index is 12.0. The van der Waals surface area contributed by atoms with Crippen LogP contribution in [0.25, 0.3) is 0 Å². The van der Waals surface area contributed by atoms with Crippen molar-refractivity contribution < 1.29 is 9.59 Å². The molecule has 1 aromatic carbocycles. The summed E-state index contributed by atoms with van der Waals surface area (Å²) in [4.78, 5) is 25.5. The van der Waals surface area contributed by atoms with Gasteiger partial charge < -0.3 is 21.7 Å². The molecule has 1 aliphatic heterocycles. The van der Waals surface area contributed by atoms with Crippen molar-refractivity contribution in [3.63, 3.8) is 0 Å². The summed E-state index contributed by atoms with van der Waals surface area (Å²) in [5, 5.41) is 2.66. The number of primary amides is 1. The lowest BCUT2D eigenvalue weighted by atomic mass is 9.98. The number of benzene rings is 1. The quantitative estimate of drug-likeness (QED) is 0.698. The molecule has 0 bridgehead atoms. The average molecular weight is 276 g/mol. The Balaban J connectivity index is 2.47. The fraction of sp³-hybridized carbons (Fsp3) is 0.429. The van der Waals surface area contributed by atoms with Gasteiger partial charge >= 0.3 is 0 Å². The van der Waals surface area contributed by atoms with E-state index in [1.54, 1.807) is 25.2 Å². The van der Waals surface area contributed by atoms with E-state index < -0.39 is 5.91 Å². The summed E-state index contributed by atoms with van der Waals surface area (Å²) >= 11 is 0. The Kier molecular flexibility index (Phi) is 4.12. The normalized spacial score (nSPS) is 18.6. The van der Waals surface area contributed by atoms with Crippen LogP contribution in [0.5, 0.6) is 0 Å². The Morgan fingerprint density at radius 1 is 1.35 bits per heavy atom. The summed E-state index contributed by atoms with van der Waals surface area (Å²) in [5.74, 6) is -0.600. The Morgan fingerprint density at radius 3 is 2.75 bits per heavy atom. The van der Waals surface area contributed by atoms with E-state index in [9.17, 15) is 9.59 Å². The van der Waals surface area contributed by atoms with Crippen molar-refractivity contribution in [1.82, 2.24) is 5.32 Å². The number of para-hydroxylation sites is 1. The monoisotopic (exact) mass is 276 g/mol. The van der Waals surface area contributed by atoms with E-state index in [0.29, 0.717) is 23.5 Å². The van der Waals surface area contributed by atoms with Crippen molar-refractivity contribution >= 4 is 23.2 Å². The van der Waals surface area contributed by atoms with Crippen molar-refractivity contribution in [3.05, 3.63) is 23.8 Å². The second-order valence-electron chi connectivity index (χ2n) is 4.93. The third kappa shape index (κ3) is 2.54. The van der Waals surface area contributed by atoms with Crippen LogP contribution >= 0.6 is 0 Å². The molecule has 2 amide bonds. The minimum Gasteiger partial charge on any atom is -0.397 e. The van der Waals surface area contributed by atoms with E-state index in [1.165, 1.54) is 0 Å². The molecule has 6 nitrogen and oxygen atoms in total. The summed E-state index contributed by atoms with van der Waals surface area (Å²) in [7, 11) is 1.61. The van der Waals surface area contributed by atoms with Gasteiger partial charge in [-0.25, -0.2) is 0 Å². The van der Waals surface area contributed by atoms with Crippen LogP contribution in [-0.4, -0.2) is 31.4 Å². The van der Waals surface area contributed by atoms with Crippen LogP contribution in [0.2, 0.25) is 0 Å². The summed E-state index contributed by atoms with van der Waals surface area (Å²) < 4.78 is 0. The molecule has 20 heavy (non-hydrogen) atoms. The van der Waals surface area contributed by atoms with Gasteiger partial charge in [0.05, 0.1) is 16.9 Å². The number of rotatable bonds is 3. The minimum atomic E-state index is -0.534. The Morgan fingerprint density at radius 2 is 2.10 bits per heavy atom. The van der Waals surface area contributed by atoms with Gasteiger partial charge in [0.1, 0.15) is 6.04 Å². The first-order valence-corrected chi connectivity index (χ1v) is 6.72. The second-order valence-corrected chi connectivity index (χ2v) is 4.93. The highest BCUT2D eigenvalue weighted by Gasteiger charge is 2.31. The number of carbonyl (C=O) groups is 2. The standard InChI is InChI=1S/C14H20N4O2/c1-17-14(20)11-7-2-3-8-18(11)12-9(13(16)19)5-4-6-10(12)15/h4-6,11H,2-3,7-8,15H2,1H3,(H2,16,19)(H,17,20). The smallest absolute Gasteiger partial charge is 0.250 e. The predicted octanol–water partition coefficient (Wildman–Crippen LogP) is 0.473. The lowest BCUT2D eigenvalue weighted by molar-refractivity contribution is -0.122. The zero-order valence-electron chi connectivity index (χ0n) is 11.6. The van der Waals surface area contributed by atoms with Crippen molar-refractivity contribution in [2.24, 2.45) is 5.73 Å². The third-order valence-electron chi connectivity index (χ3n) is 3.67. The number of hydrogen-bond acceptors (Lipinski definition) is 4. The topological polar surface area (TPSA) is 101 Å². The van der Waals surface area contributed by atoms with Gasteiger partial charge in [0.15, 0.2) is 0 Å². The fourth-order valence-corrected chi connectivity index (χ4v) is 2.72. The number of nitrogens with zero attached hydrogens (tertiary/aromatic N) is 1. The summed E-state index contributed by atoms with van der Waals surface area (Å²) in [5.41, 5.74) is 12.8. The van der Waals surface area contributed by atoms with Crippen molar-refractivity contribution in [2.45, 2.75) is 25.3 Å². The largest absolute Gasteiger partial charge is 0.397 e.